The molecular formula is C17H26FNO2. The Balaban J connectivity index is 1.78. The van der Waals surface area contributed by atoms with Crippen LogP contribution in [0.3, 0.4) is 0 Å². The predicted molar refractivity (Wildman–Crippen MR) is 81.8 cm³/mol. The van der Waals surface area contributed by atoms with Gasteiger partial charge in [-0.15, -0.1) is 0 Å². The van der Waals surface area contributed by atoms with Gasteiger partial charge < -0.3 is 14.8 Å². The van der Waals surface area contributed by atoms with E-state index in [2.05, 4.69) is 19.2 Å². The molecule has 0 amide bonds. The van der Waals surface area contributed by atoms with E-state index in [4.69, 9.17) is 9.47 Å². The van der Waals surface area contributed by atoms with Gasteiger partial charge in [-0.25, -0.2) is 4.39 Å². The summed E-state index contributed by atoms with van der Waals surface area (Å²) in [5, 5.41) is 3.47. The average molecular weight is 295 g/mol. The van der Waals surface area contributed by atoms with E-state index < -0.39 is 0 Å². The van der Waals surface area contributed by atoms with Crippen molar-refractivity contribution in [3.05, 3.63) is 35.6 Å². The Labute approximate surface area is 126 Å². The van der Waals surface area contributed by atoms with Gasteiger partial charge >= 0.3 is 0 Å². The molecule has 118 valence electrons. The van der Waals surface area contributed by atoms with Crippen LogP contribution in [-0.2, 0) is 9.47 Å². The lowest BCUT2D eigenvalue weighted by Crippen LogP contribution is -2.26. The fourth-order valence-electron chi connectivity index (χ4n) is 2.08. The van der Waals surface area contributed by atoms with Crippen molar-refractivity contribution in [3.8, 4) is 0 Å². The van der Waals surface area contributed by atoms with Crippen molar-refractivity contribution in [2.24, 2.45) is 5.92 Å². The molecule has 0 radical (unpaired) electrons. The van der Waals surface area contributed by atoms with Crippen LogP contribution in [-0.4, -0.2) is 32.4 Å². The Kier molecular flexibility index (Phi) is 6.61. The largest absolute Gasteiger partial charge is 0.379 e. The number of hydrogen-bond donors (Lipinski definition) is 1. The molecule has 1 aliphatic carbocycles. The van der Waals surface area contributed by atoms with E-state index in [-0.39, 0.29) is 11.9 Å². The number of ether oxygens (including phenoxy) is 2. The van der Waals surface area contributed by atoms with E-state index in [1.54, 1.807) is 12.1 Å². The zero-order valence-electron chi connectivity index (χ0n) is 13.0. The Bertz CT molecular complexity index is 404. The van der Waals surface area contributed by atoms with Gasteiger partial charge in [0, 0.05) is 19.2 Å². The summed E-state index contributed by atoms with van der Waals surface area (Å²) >= 11 is 0. The third-order valence-corrected chi connectivity index (χ3v) is 3.41. The maximum absolute atomic E-state index is 13.0. The van der Waals surface area contributed by atoms with Crippen molar-refractivity contribution in [2.75, 3.05) is 26.4 Å². The standard InChI is InChI=1S/C17H26FNO2/c1-13(2)12-20-9-10-21-17(11-19-16-7-8-16)14-3-5-15(18)6-4-14/h3-6,13,16-17,19H,7-12H2,1-2H3. The number of hydrogen-bond acceptors (Lipinski definition) is 3. The molecular weight excluding hydrogens is 269 g/mol. The lowest BCUT2D eigenvalue weighted by molar-refractivity contribution is -0.00145. The molecule has 0 spiro atoms. The maximum atomic E-state index is 13.0. The van der Waals surface area contributed by atoms with Crippen LogP contribution in [0, 0.1) is 11.7 Å². The van der Waals surface area contributed by atoms with E-state index in [0.717, 1.165) is 18.7 Å². The van der Waals surface area contributed by atoms with Crippen molar-refractivity contribution in [1.29, 1.82) is 0 Å². The van der Waals surface area contributed by atoms with Crippen LogP contribution >= 0.6 is 0 Å². The van der Waals surface area contributed by atoms with Crippen molar-refractivity contribution >= 4 is 0 Å². The van der Waals surface area contributed by atoms with E-state index >= 15 is 0 Å². The second kappa shape index (κ2) is 8.47. The summed E-state index contributed by atoms with van der Waals surface area (Å²) in [7, 11) is 0. The van der Waals surface area contributed by atoms with Crippen LogP contribution in [0.5, 0.6) is 0 Å². The summed E-state index contributed by atoms with van der Waals surface area (Å²) in [5.74, 6) is 0.322. The van der Waals surface area contributed by atoms with Gasteiger partial charge in [0.2, 0.25) is 0 Å². The highest BCUT2D eigenvalue weighted by molar-refractivity contribution is 5.19. The Hall–Kier alpha value is -0.970. The molecule has 0 bridgehead atoms. The summed E-state index contributed by atoms with van der Waals surface area (Å²) in [4.78, 5) is 0. The van der Waals surface area contributed by atoms with Gasteiger partial charge in [0.1, 0.15) is 5.82 Å². The summed E-state index contributed by atoms with van der Waals surface area (Å²) in [6.45, 7) is 6.93. The van der Waals surface area contributed by atoms with Crippen LogP contribution in [0.1, 0.15) is 38.4 Å². The molecule has 4 heteroatoms. The fourth-order valence-corrected chi connectivity index (χ4v) is 2.08. The van der Waals surface area contributed by atoms with Crippen LogP contribution < -0.4 is 5.32 Å². The smallest absolute Gasteiger partial charge is 0.123 e. The van der Waals surface area contributed by atoms with Crippen LogP contribution in [0.2, 0.25) is 0 Å². The molecule has 1 N–H and O–H groups in total. The topological polar surface area (TPSA) is 30.5 Å². The molecule has 0 aliphatic heterocycles. The zero-order valence-corrected chi connectivity index (χ0v) is 13.0. The minimum atomic E-state index is -0.215. The SMILES string of the molecule is CC(C)COCCOC(CNC1CC1)c1ccc(F)cc1. The highest BCUT2D eigenvalue weighted by Crippen LogP contribution is 2.22. The van der Waals surface area contributed by atoms with Gasteiger partial charge in [0.25, 0.3) is 0 Å². The summed E-state index contributed by atoms with van der Waals surface area (Å²) < 4.78 is 24.5. The molecule has 0 saturated heterocycles. The Morgan fingerprint density at radius 1 is 1.19 bits per heavy atom. The van der Waals surface area contributed by atoms with Crippen molar-refractivity contribution in [3.63, 3.8) is 0 Å². The van der Waals surface area contributed by atoms with E-state index in [9.17, 15) is 4.39 Å². The third-order valence-electron chi connectivity index (χ3n) is 3.41. The van der Waals surface area contributed by atoms with Gasteiger partial charge in [-0.2, -0.15) is 0 Å². The molecule has 1 aromatic rings. The minimum Gasteiger partial charge on any atom is -0.379 e. The summed E-state index contributed by atoms with van der Waals surface area (Å²) in [6.07, 6.45) is 2.44. The van der Waals surface area contributed by atoms with E-state index in [1.165, 1.54) is 25.0 Å². The average Bonchev–Trinajstić information content (AvgIpc) is 3.27. The first-order chi connectivity index (χ1) is 10.1. The third kappa shape index (κ3) is 6.55. The number of halogens is 1. The number of nitrogens with one attached hydrogen (secondary N) is 1. The molecule has 3 nitrogen and oxygen atoms in total. The zero-order chi connectivity index (χ0) is 15.1. The molecule has 1 aromatic carbocycles. The molecule has 0 aromatic heterocycles. The van der Waals surface area contributed by atoms with Crippen molar-refractivity contribution in [1.82, 2.24) is 5.32 Å². The monoisotopic (exact) mass is 295 g/mol. The van der Waals surface area contributed by atoms with E-state index in [1.807, 2.05) is 0 Å². The molecule has 2 rings (SSSR count). The lowest BCUT2D eigenvalue weighted by Gasteiger charge is -2.19. The molecule has 1 saturated carbocycles. The first-order valence-electron chi connectivity index (χ1n) is 7.83. The minimum absolute atomic E-state index is 0.0474. The van der Waals surface area contributed by atoms with Crippen LogP contribution in [0.15, 0.2) is 24.3 Å². The first kappa shape index (κ1) is 16.4. The van der Waals surface area contributed by atoms with Gasteiger partial charge in [-0.05, 0) is 36.5 Å². The summed E-state index contributed by atoms with van der Waals surface area (Å²) in [5.41, 5.74) is 1.01. The van der Waals surface area contributed by atoms with Gasteiger partial charge in [-0.3, -0.25) is 0 Å². The van der Waals surface area contributed by atoms with Crippen molar-refractivity contribution < 1.29 is 13.9 Å². The van der Waals surface area contributed by atoms with Crippen LogP contribution in [0.4, 0.5) is 4.39 Å². The maximum Gasteiger partial charge on any atom is 0.123 e. The molecule has 0 heterocycles. The van der Waals surface area contributed by atoms with Gasteiger partial charge in [-0.1, -0.05) is 26.0 Å². The predicted octanol–water partition coefficient (Wildman–Crippen LogP) is 3.31. The summed E-state index contributed by atoms with van der Waals surface area (Å²) in [6, 6.07) is 7.19. The molecule has 1 atom stereocenters. The van der Waals surface area contributed by atoms with E-state index in [0.29, 0.717) is 25.2 Å². The first-order valence-corrected chi connectivity index (χ1v) is 7.83. The lowest BCUT2D eigenvalue weighted by atomic mass is 10.1. The van der Waals surface area contributed by atoms with Crippen LogP contribution in [0.25, 0.3) is 0 Å². The molecule has 1 unspecified atom stereocenters. The number of rotatable bonds is 10. The quantitative estimate of drug-likeness (QED) is 0.672. The van der Waals surface area contributed by atoms with Gasteiger partial charge in [0.05, 0.1) is 19.3 Å². The fraction of sp³-hybridized carbons (Fsp3) is 0.647. The molecule has 21 heavy (non-hydrogen) atoms. The Morgan fingerprint density at radius 3 is 2.52 bits per heavy atom. The normalized spacial score (nSPS) is 16.4. The number of benzene rings is 1. The second-order valence-electron chi connectivity index (χ2n) is 6.06. The van der Waals surface area contributed by atoms with Gasteiger partial charge in [0.15, 0.2) is 0 Å². The Morgan fingerprint density at radius 2 is 1.90 bits per heavy atom. The second-order valence-corrected chi connectivity index (χ2v) is 6.06. The molecule has 1 fully saturated rings. The molecule has 1 aliphatic rings. The highest BCUT2D eigenvalue weighted by atomic mass is 19.1. The highest BCUT2D eigenvalue weighted by Gasteiger charge is 2.22. The van der Waals surface area contributed by atoms with Crippen molar-refractivity contribution in [2.45, 2.75) is 38.8 Å².